The van der Waals surface area contributed by atoms with E-state index in [1.165, 1.54) is 44.9 Å². The van der Waals surface area contributed by atoms with Gasteiger partial charge in [-0.3, -0.25) is 9.58 Å². The fourth-order valence-electron chi connectivity index (χ4n) is 2.81. The summed E-state index contributed by atoms with van der Waals surface area (Å²) in [6.45, 7) is 9.36. The first kappa shape index (κ1) is 21.5. The molecule has 0 saturated heterocycles. The van der Waals surface area contributed by atoms with Crippen molar-refractivity contribution in [3.05, 3.63) is 11.8 Å². The van der Waals surface area contributed by atoms with Crippen LogP contribution < -0.4 is 10.2 Å². The molecular formula is C20H38N4O. The van der Waals surface area contributed by atoms with Crippen LogP contribution in [0.15, 0.2) is 6.07 Å². The van der Waals surface area contributed by atoms with E-state index < -0.39 is 0 Å². The van der Waals surface area contributed by atoms with Crippen LogP contribution in [0.3, 0.4) is 0 Å². The number of unbranched alkanes of at least 4 members (excludes halogenated alkanes) is 7. The molecule has 5 heteroatoms. The Morgan fingerprint density at radius 3 is 2.20 bits per heavy atom. The first-order valence-electron chi connectivity index (χ1n) is 9.83. The van der Waals surface area contributed by atoms with Crippen LogP contribution in [0.4, 0.5) is 10.6 Å². The summed E-state index contributed by atoms with van der Waals surface area (Å²) in [5.74, 6) is 0.818. The number of carbonyl (C=O) groups is 1. The standard InChI is InChI=1S/C20H38N4O/c1-7-8-9-10-11-12-13-14-15-21-19(25)23(5)18-16-17(20(2,3)4)22-24(18)6/h16H,7-15H2,1-6H3,(H,21,25). The lowest BCUT2D eigenvalue weighted by atomic mass is 9.92. The zero-order valence-electron chi connectivity index (χ0n) is 17.2. The summed E-state index contributed by atoms with van der Waals surface area (Å²) >= 11 is 0. The minimum Gasteiger partial charge on any atom is -0.338 e. The van der Waals surface area contributed by atoms with Crippen molar-refractivity contribution in [2.75, 3.05) is 18.5 Å². The van der Waals surface area contributed by atoms with E-state index in [1.54, 1.807) is 16.6 Å². The second-order valence-corrected chi connectivity index (χ2v) is 8.03. The van der Waals surface area contributed by atoms with Crippen molar-refractivity contribution in [1.29, 1.82) is 0 Å². The average molecular weight is 351 g/mol. The second kappa shape index (κ2) is 10.5. The van der Waals surface area contributed by atoms with Crippen molar-refractivity contribution in [3.63, 3.8) is 0 Å². The lowest BCUT2D eigenvalue weighted by Gasteiger charge is -2.17. The Balaban J connectivity index is 2.30. The van der Waals surface area contributed by atoms with Crippen molar-refractivity contribution in [2.45, 2.75) is 84.5 Å². The Bertz CT molecular complexity index is 516. The highest BCUT2D eigenvalue weighted by molar-refractivity contribution is 5.90. The third-order valence-electron chi connectivity index (χ3n) is 4.58. The third kappa shape index (κ3) is 7.49. The number of aromatic nitrogens is 2. The van der Waals surface area contributed by atoms with Crippen LogP contribution in [0.5, 0.6) is 0 Å². The number of aryl methyl sites for hydroxylation is 1. The molecule has 0 spiro atoms. The first-order chi connectivity index (χ1) is 11.8. The predicted octanol–water partition coefficient (Wildman–Crippen LogP) is 5.00. The second-order valence-electron chi connectivity index (χ2n) is 8.03. The minimum absolute atomic E-state index is 0.0234. The number of nitrogens with zero attached hydrogens (tertiary/aromatic N) is 3. The van der Waals surface area contributed by atoms with Gasteiger partial charge in [-0.15, -0.1) is 0 Å². The maximum Gasteiger partial charge on any atom is 0.322 e. The van der Waals surface area contributed by atoms with Crippen LogP contribution in [0.2, 0.25) is 0 Å². The molecule has 0 fully saturated rings. The molecule has 1 N–H and O–H groups in total. The van der Waals surface area contributed by atoms with Gasteiger partial charge in [0.2, 0.25) is 0 Å². The Labute approximate surface area is 154 Å². The van der Waals surface area contributed by atoms with E-state index in [2.05, 4.69) is 38.1 Å². The maximum absolute atomic E-state index is 12.3. The summed E-state index contributed by atoms with van der Waals surface area (Å²) in [5, 5.41) is 7.54. The van der Waals surface area contributed by atoms with E-state index in [9.17, 15) is 4.79 Å². The zero-order chi connectivity index (χ0) is 18.9. The van der Waals surface area contributed by atoms with Crippen LogP contribution in [0, 0.1) is 0 Å². The van der Waals surface area contributed by atoms with Crippen molar-refractivity contribution in [1.82, 2.24) is 15.1 Å². The SMILES string of the molecule is CCCCCCCCCCNC(=O)N(C)c1cc(C(C)(C)C)nn1C. The van der Waals surface area contributed by atoms with Gasteiger partial charge < -0.3 is 5.32 Å². The van der Waals surface area contributed by atoms with Gasteiger partial charge in [-0.1, -0.05) is 72.6 Å². The van der Waals surface area contributed by atoms with Gasteiger partial charge in [0.15, 0.2) is 0 Å². The molecule has 1 aromatic rings. The number of carbonyl (C=O) groups excluding carboxylic acids is 1. The topological polar surface area (TPSA) is 50.2 Å². The van der Waals surface area contributed by atoms with E-state index in [-0.39, 0.29) is 11.4 Å². The normalized spacial score (nSPS) is 11.6. The lowest BCUT2D eigenvalue weighted by Crippen LogP contribution is -2.38. The largest absolute Gasteiger partial charge is 0.338 e. The molecule has 0 unspecified atom stereocenters. The van der Waals surface area contributed by atoms with Gasteiger partial charge in [-0.2, -0.15) is 5.10 Å². The fourth-order valence-corrected chi connectivity index (χ4v) is 2.81. The molecule has 0 atom stereocenters. The molecule has 0 saturated carbocycles. The molecule has 1 aromatic heterocycles. The van der Waals surface area contributed by atoms with Crippen molar-refractivity contribution >= 4 is 11.8 Å². The van der Waals surface area contributed by atoms with E-state index in [4.69, 9.17) is 0 Å². The summed E-state index contributed by atoms with van der Waals surface area (Å²) < 4.78 is 1.77. The van der Waals surface area contributed by atoms with Crippen LogP contribution in [0.25, 0.3) is 0 Å². The summed E-state index contributed by atoms with van der Waals surface area (Å²) in [4.78, 5) is 14.0. The van der Waals surface area contributed by atoms with Crippen LogP contribution in [-0.4, -0.2) is 29.4 Å². The Morgan fingerprint density at radius 1 is 1.12 bits per heavy atom. The molecule has 1 rings (SSSR count). The molecule has 0 aliphatic heterocycles. The monoisotopic (exact) mass is 350 g/mol. The number of hydrogen-bond acceptors (Lipinski definition) is 2. The van der Waals surface area contributed by atoms with Gasteiger partial charge in [0, 0.05) is 32.1 Å². The van der Waals surface area contributed by atoms with E-state index in [1.807, 2.05) is 13.1 Å². The maximum atomic E-state index is 12.3. The first-order valence-corrected chi connectivity index (χ1v) is 9.83. The molecule has 0 radical (unpaired) electrons. The molecule has 1 heterocycles. The molecule has 0 aromatic carbocycles. The highest BCUT2D eigenvalue weighted by Gasteiger charge is 2.22. The van der Waals surface area contributed by atoms with Crippen molar-refractivity contribution in [3.8, 4) is 0 Å². The summed E-state index contributed by atoms with van der Waals surface area (Å²) in [6, 6.07) is 1.93. The molecular weight excluding hydrogens is 312 g/mol. The van der Waals surface area contributed by atoms with Crippen LogP contribution >= 0.6 is 0 Å². The van der Waals surface area contributed by atoms with Crippen LogP contribution in [-0.2, 0) is 12.5 Å². The molecule has 2 amide bonds. The van der Waals surface area contributed by atoms with E-state index >= 15 is 0 Å². The number of urea groups is 1. The molecule has 0 bridgehead atoms. The quantitative estimate of drug-likeness (QED) is 0.603. The number of rotatable bonds is 10. The molecule has 5 nitrogen and oxygen atoms in total. The Morgan fingerprint density at radius 2 is 1.68 bits per heavy atom. The number of amides is 2. The molecule has 144 valence electrons. The Kier molecular flexibility index (Phi) is 9.01. The van der Waals surface area contributed by atoms with Gasteiger partial charge in [-0.25, -0.2) is 4.79 Å². The third-order valence-corrected chi connectivity index (χ3v) is 4.58. The van der Waals surface area contributed by atoms with Gasteiger partial charge in [0.05, 0.1) is 5.69 Å². The summed E-state index contributed by atoms with van der Waals surface area (Å²) in [7, 11) is 3.68. The predicted molar refractivity (Wildman–Crippen MR) is 106 cm³/mol. The molecule has 0 aliphatic carbocycles. The van der Waals surface area contributed by atoms with Crippen molar-refractivity contribution < 1.29 is 4.79 Å². The summed E-state index contributed by atoms with van der Waals surface area (Å²) in [6.07, 6.45) is 10.2. The highest BCUT2D eigenvalue weighted by Crippen LogP contribution is 2.24. The lowest BCUT2D eigenvalue weighted by molar-refractivity contribution is 0.247. The smallest absolute Gasteiger partial charge is 0.322 e. The van der Waals surface area contributed by atoms with E-state index in [0.717, 1.165) is 24.5 Å². The number of anilines is 1. The zero-order valence-corrected chi connectivity index (χ0v) is 17.2. The Hall–Kier alpha value is -1.52. The average Bonchev–Trinajstić information content (AvgIpc) is 2.94. The minimum atomic E-state index is -0.0635. The van der Waals surface area contributed by atoms with Crippen molar-refractivity contribution in [2.24, 2.45) is 7.05 Å². The number of hydrogen-bond donors (Lipinski definition) is 1. The van der Waals surface area contributed by atoms with Gasteiger partial charge in [0.25, 0.3) is 0 Å². The van der Waals surface area contributed by atoms with Crippen LogP contribution in [0.1, 0.15) is 84.8 Å². The molecule has 0 aliphatic rings. The molecule has 25 heavy (non-hydrogen) atoms. The van der Waals surface area contributed by atoms with Gasteiger partial charge >= 0.3 is 6.03 Å². The highest BCUT2D eigenvalue weighted by atomic mass is 16.2. The summed E-state index contributed by atoms with van der Waals surface area (Å²) in [5.41, 5.74) is 0.970. The van der Waals surface area contributed by atoms with Gasteiger partial charge in [-0.05, 0) is 6.42 Å². The fraction of sp³-hybridized carbons (Fsp3) is 0.800. The number of nitrogens with one attached hydrogen (secondary N) is 1. The van der Waals surface area contributed by atoms with Gasteiger partial charge in [0.1, 0.15) is 5.82 Å². The van der Waals surface area contributed by atoms with E-state index in [0.29, 0.717) is 0 Å².